The van der Waals surface area contributed by atoms with Gasteiger partial charge in [0.25, 0.3) is 0 Å². The topological polar surface area (TPSA) is 0 Å². The zero-order valence-corrected chi connectivity index (χ0v) is 9.19. The minimum absolute atomic E-state index is 1.15. The SMILES string of the molecule is C=C/C=C\c1cc2ccccc2cc1C=C. The second kappa shape index (κ2) is 4.63. The molecule has 78 valence electrons. The third-order valence-corrected chi connectivity index (χ3v) is 2.58. The largest absolute Gasteiger partial charge is 0.0991 e. The van der Waals surface area contributed by atoms with Crippen molar-refractivity contribution in [3.05, 3.63) is 72.8 Å². The molecule has 0 saturated carbocycles. The highest BCUT2D eigenvalue weighted by molar-refractivity contribution is 5.88. The summed E-state index contributed by atoms with van der Waals surface area (Å²) >= 11 is 0. The van der Waals surface area contributed by atoms with Crippen LogP contribution in [0.25, 0.3) is 22.9 Å². The lowest BCUT2D eigenvalue weighted by atomic mass is 10.0. The quantitative estimate of drug-likeness (QED) is 0.639. The maximum Gasteiger partial charge on any atom is -0.0178 e. The predicted molar refractivity (Wildman–Crippen MR) is 73.3 cm³/mol. The molecule has 0 nitrogen and oxygen atoms in total. The first-order chi connectivity index (χ1) is 7.85. The Kier molecular flexibility index (Phi) is 3.02. The van der Waals surface area contributed by atoms with Crippen LogP contribution >= 0.6 is 0 Å². The van der Waals surface area contributed by atoms with E-state index in [1.165, 1.54) is 16.3 Å². The molecule has 0 amide bonds. The predicted octanol–water partition coefficient (Wildman–Crippen LogP) is 4.68. The second-order valence-electron chi connectivity index (χ2n) is 3.63. The molecule has 0 aliphatic heterocycles. The Balaban J connectivity index is 2.66. The van der Waals surface area contributed by atoms with E-state index in [-0.39, 0.29) is 0 Å². The van der Waals surface area contributed by atoms with E-state index in [0.717, 1.165) is 5.56 Å². The van der Waals surface area contributed by atoms with Crippen molar-refractivity contribution in [3.8, 4) is 0 Å². The van der Waals surface area contributed by atoms with Gasteiger partial charge in [0.1, 0.15) is 0 Å². The Morgan fingerprint density at radius 2 is 1.50 bits per heavy atom. The number of hydrogen-bond donors (Lipinski definition) is 0. The fourth-order valence-electron chi connectivity index (χ4n) is 1.77. The minimum Gasteiger partial charge on any atom is -0.0991 e. The van der Waals surface area contributed by atoms with E-state index in [4.69, 9.17) is 0 Å². The molecule has 0 bridgehead atoms. The van der Waals surface area contributed by atoms with Crippen LogP contribution in [0, 0.1) is 0 Å². The van der Waals surface area contributed by atoms with E-state index in [2.05, 4.69) is 55.6 Å². The van der Waals surface area contributed by atoms with Crippen molar-refractivity contribution >= 4 is 22.9 Å². The molecule has 0 aliphatic carbocycles. The standard InChI is InChI=1S/C16H14/c1-3-5-8-14-12-16-10-7-6-9-15(16)11-13(14)4-2/h3-12H,1-2H2/b8-5-. The van der Waals surface area contributed by atoms with Crippen LogP contribution < -0.4 is 0 Å². The lowest BCUT2D eigenvalue weighted by Gasteiger charge is -2.04. The Hall–Kier alpha value is -2.08. The molecular weight excluding hydrogens is 192 g/mol. The van der Waals surface area contributed by atoms with Gasteiger partial charge in [0.2, 0.25) is 0 Å². The zero-order valence-electron chi connectivity index (χ0n) is 9.19. The fraction of sp³-hybridized carbons (Fsp3) is 0. The molecule has 0 fully saturated rings. The van der Waals surface area contributed by atoms with Crippen LogP contribution in [0.3, 0.4) is 0 Å². The minimum atomic E-state index is 1.15. The van der Waals surface area contributed by atoms with Gasteiger partial charge in [-0.25, -0.2) is 0 Å². The summed E-state index contributed by atoms with van der Waals surface area (Å²) in [6.07, 6.45) is 7.66. The van der Waals surface area contributed by atoms with Gasteiger partial charge in [-0.2, -0.15) is 0 Å². The summed E-state index contributed by atoms with van der Waals surface area (Å²) in [5.41, 5.74) is 2.32. The molecule has 0 heterocycles. The van der Waals surface area contributed by atoms with Gasteiger partial charge in [-0.05, 0) is 34.0 Å². The molecule has 0 radical (unpaired) electrons. The smallest absolute Gasteiger partial charge is 0.0178 e. The third-order valence-electron chi connectivity index (χ3n) is 2.58. The van der Waals surface area contributed by atoms with E-state index in [1.807, 2.05) is 12.2 Å². The van der Waals surface area contributed by atoms with Crippen LogP contribution in [0.5, 0.6) is 0 Å². The highest BCUT2D eigenvalue weighted by Gasteiger charge is 1.98. The van der Waals surface area contributed by atoms with Gasteiger partial charge in [0.15, 0.2) is 0 Å². The van der Waals surface area contributed by atoms with Crippen molar-refractivity contribution in [2.75, 3.05) is 0 Å². The van der Waals surface area contributed by atoms with Crippen LogP contribution in [-0.4, -0.2) is 0 Å². The lowest BCUT2D eigenvalue weighted by molar-refractivity contribution is 1.66. The lowest BCUT2D eigenvalue weighted by Crippen LogP contribution is -1.82. The number of benzene rings is 2. The molecule has 0 aromatic heterocycles. The van der Waals surface area contributed by atoms with Gasteiger partial charge in [0, 0.05) is 0 Å². The van der Waals surface area contributed by atoms with Crippen molar-refractivity contribution < 1.29 is 0 Å². The van der Waals surface area contributed by atoms with Gasteiger partial charge in [-0.1, -0.05) is 61.7 Å². The maximum atomic E-state index is 3.85. The van der Waals surface area contributed by atoms with E-state index >= 15 is 0 Å². The molecule has 0 aliphatic rings. The van der Waals surface area contributed by atoms with Gasteiger partial charge in [-0.15, -0.1) is 0 Å². The first kappa shape index (κ1) is 10.4. The molecule has 0 atom stereocenters. The monoisotopic (exact) mass is 206 g/mol. The van der Waals surface area contributed by atoms with E-state index in [9.17, 15) is 0 Å². The average molecular weight is 206 g/mol. The van der Waals surface area contributed by atoms with E-state index < -0.39 is 0 Å². The summed E-state index contributed by atoms with van der Waals surface area (Å²) in [4.78, 5) is 0. The Morgan fingerprint density at radius 1 is 0.875 bits per heavy atom. The number of hydrogen-bond acceptors (Lipinski definition) is 0. The summed E-state index contributed by atoms with van der Waals surface area (Å²) in [6, 6.07) is 12.7. The Bertz CT molecular complexity index is 559. The van der Waals surface area contributed by atoms with Crippen molar-refractivity contribution in [1.82, 2.24) is 0 Å². The van der Waals surface area contributed by atoms with Crippen LogP contribution in [0.2, 0.25) is 0 Å². The molecule has 16 heavy (non-hydrogen) atoms. The first-order valence-corrected chi connectivity index (χ1v) is 5.29. The highest BCUT2D eigenvalue weighted by Crippen LogP contribution is 2.22. The summed E-state index contributed by atoms with van der Waals surface area (Å²) < 4.78 is 0. The summed E-state index contributed by atoms with van der Waals surface area (Å²) in [7, 11) is 0. The van der Waals surface area contributed by atoms with Gasteiger partial charge in [-0.3, -0.25) is 0 Å². The van der Waals surface area contributed by atoms with Crippen LogP contribution in [0.1, 0.15) is 11.1 Å². The number of rotatable bonds is 3. The summed E-state index contributed by atoms with van der Waals surface area (Å²) in [5.74, 6) is 0. The van der Waals surface area contributed by atoms with Gasteiger partial charge < -0.3 is 0 Å². The van der Waals surface area contributed by atoms with Crippen molar-refractivity contribution in [2.24, 2.45) is 0 Å². The molecule has 0 spiro atoms. The van der Waals surface area contributed by atoms with Crippen LogP contribution in [0.15, 0.2) is 61.7 Å². The van der Waals surface area contributed by atoms with Crippen molar-refractivity contribution in [2.45, 2.75) is 0 Å². The maximum absolute atomic E-state index is 3.85. The zero-order chi connectivity index (χ0) is 11.4. The molecule has 2 aromatic rings. The van der Waals surface area contributed by atoms with Crippen molar-refractivity contribution in [3.63, 3.8) is 0 Å². The Labute approximate surface area is 96.2 Å². The molecular formula is C16H14. The Morgan fingerprint density at radius 3 is 2.06 bits per heavy atom. The van der Waals surface area contributed by atoms with E-state index in [0.29, 0.717) is 0 Å². The molecule has 0 unspecified atom stereocenters. The van der Waals surface area contributed by atoms with Crippen LogP contribution in [0.4, 0.5) is 0 Å². The first-order valence-electron chi connectivity index (χ1n) is 5.29. The molecule has 0 N–H and O–H groups in total. The highest BCUT2D eigenvalue weighted by atomic mass is 14.0. The van der Waals surface area contributed by atoms with Crippen molar-refractivity contribution in [1.29, 1.82) is 0 Å². The molecule has 0 heteroatoms. The van der Waals surface area contributed by atoms with Gasteiger partial charge >= 0.3 is 0 Å². The molecule has 0 saturated heterocycles. The summed E-state index contributed by atoms with van der Waals surface area (Å²) in [6.45, 7) is 7.53. The summed E-state index contributed by atoms with van der Waals surface area (Å²) in [5, 5.41) is 2.49. The fourth-order valence-corrected chi connectivity index (χ4v) is 1.77. The number of allylic oxidation sites excluding steroid dienone is 2. The third kappa shape index (κ3) is 1.96. The normalized spacial score (nSPS) is 10.8. The molecule has 2 rings (SSSR count). The number of fused-ring (bicyclic) bond motifs is 1. The second-order valence-corrected chi connectivity index (χ2v) is 3.63. The molecule has 2 aromatic carbocycles. The van der Waals surface area contributed by atoms with Crippen LogP contribution in [-0.2, 0) is 0 Å². The van der Waals surface area contributed by atoms with E-state index in [1.54, 1.807) is 6.08 Å². The van der Waals surface area contributed by atoms with Gasteiger partial charge in [0.05, 0.1) is 0 Å². The average Bonchev–Trinajstić information content (AvgIpc) is 2.35.